The molecule has 3 heteroatoms. The minimum absolute atomic E-state index is 0.0479. The van der Waals surface area contributed by atoms with Gasteiger partial charge in [-0.3, -0.25) is 0 Å². The molecule has 2 aliphatic heterocycles. The standard InChI is InChI=1S/C26H34N2O/c1-19(28-13-15-29-16-14-28)20-11-12-23-22(17-20)25(2,3)18-24(27-23)26(4,5)21-9-7-6-8-10-21/h6-12,17,24,27H,1,13-16,18H2,2-5H3. The van der Waals surface area contributed by atoms with Gasteiger partial charge >= 0.3 is 0 Å². The van der Waals surface area contributed by atoms with E-state index in [0.29, 0.717) is 6.04 Å². The number of nitrogens with zero attached hydrogens (tertiary/aromatic N) is 1. The topological polar surface area (TPSA) is 24.5 Å². The summed E-state index contributed by atoms with van der Waals surface area (Å²) in [5.74, 6) is 0. The van der Waals surface area contributed by atoms with Gasteiger partial charge in [0, 0.05) is 35.9 Å². The van der Waals surface area contributed by atoms with Gasteiger partial charge in [0.15, 0.2) is 0 Å². The zero-order valence-electron chi connectivity index (χ0n) is 18.3. The molecule has 2 aliphatic rings. The summed E-state index contributed by atoms with van der Waals surface area (Å²) in [6.45, 7) is 17.3. The molecule has 0 radical (unpaired) electrons. The number of hydrogen-bond donors (Lipinski definition) is 1. The van der Waals surface area contributed by atoms with E-state index in [1.807, 2.05) is 0 Å². The third-order valence-electron chi connectivity index (χ3n) is 6.91. The van der Waals surface area contributed by atoms with Crippen molar-refractivity contribution in [3.05, 3.63) is 71.8 Å². The average Bonchev–Trinajstić information content (AvgIpc) is 2.74. The lowest BCUT2D eigenvalue weighted by Gasteiger charge is -2.46. The monoisotopic (exact) mass is 390 g/mol. The van der Waals surface area contributed by atoms with Crippen LogP contribution in [0.15, 0.2) is 55.1 Å². The molecule has 4 rings (SSSR count). The van der Waals surface area contributed by atoms with Crippen LogP contribution in [0.3, 0.4) is 0 Å². The van der Waals surface area contributed by atoms with Crippen molar-refractivity contribution < 1.29 is 4.74 Å². The third-order valence-corrected chi connectivity index (χ3v) is 6.91. The molecule has 1 fully saturated rings. The summed E-state index contributed by atoms with van der Waals surface area (Å²) in [5.41, 5.74) is 6.51. The van der Waals surface area contributed by atoms with E-state index in [2.05, 4.69) is 93.0 Å². The Morgan fingerprint density at radius 1 is 1.10 bits per heavy atom. The van der Waals surface area contributed by atoms with Gasteiger partial charge in [0.25, 0.3) is 0 Å². The van der Waals surface area contributed by atoms with Gasteiger partial charge in [-0.15, -0.1) is 0 Å². The molecule has 1 atom stereocenters. The maximum atomic E-state index is 5.50. The van der Waals surface area contributed by atoms with E-state index in [0.717, 1.165) is 38.4 Å². The van der Waals surface area contributed by atoms with E-state index < -0.39 is 0 Å². The highest BCUT2D eigenvalue weighted by Gasteiger charge is 2.40. The van der Waals surface area contributed by atoms with Crippen LogP contribution in [0.2, 0.25) is 0 Å². The van der Waals surface area contributed by atoms with Crippen molar-refractivity contribution in [2.24, 2.45) is 0 Å². The van der Waals surface area contributed by atoms with Crippen molar-refractivity contribution in [3.63, 3.8) is 0 Å². The molecule has 1 saturated heterocycles. The third kappa shape index (κ3) is 3.81. The van der Waals surface area contributed by atoms with Crippen molar-refractivity contribution in [2.45, 2.75) is 51.0 Å². The zero-order valence-corrected chi connectivity index (χ0v) is 18.3. The molecule has 0 aliphatic carbocycles. The van der Waals surface area contributed by atoms with Crippen LogP contribution >= 0.6 is 0 Å². The highest BCUT2D eigenvalue weighted by molar-refractivity contribution is 5.69. The summed E-state index contributed by atoms with van der Waals surface area (Å²) in [7, 11) is 0. The van der Waals surface area contributed by atoms with Crippen LogP contribution in [0.1, 0.15) is 50.8 Å². The summed E-state index contributed by atoms with van der Waals surface area (Å²) in [4.78, 5) is 2.34. The number of hydrogen-bond acceptors (Lipinski definition) is 3. The minimum Gasteiger partial charge on any atom is -0.381 e. The van der Waals surface area contributed by atoms with Gasteiger partial charge in [0.05, 0.1) is 13.2 Å². The number of nitrogens with one attached hydrogen (secondary N) is 1. The Morgan fingerprint density at radius 2 is 1.79 bits per heavy atom. The van der Waals surface area contributed by atoms with Crippen LogP contribution in [0, 0.1) is 0 Å². The zero-order chi connectivity index (χ0) is 20.6. The van der Waals surface area contributed by atoms with E-state index in [9.17, 15) is 0 Å². The van der Waals surface area contributed by atoms with Crippen LogP contribution in [-0.2, 0) is 15.6 Å². The van der Waals surface area contributed by atoms with Gasteiger partial charge in [0.2, 0.25) is 0 Å². The lowest BCUT2D eigenvalue weighted by atomic mass is 9.66. The Balaban J connectivity index is 1.62. The SMILES string of the molecule is C=C(c1ccc2c(c1)C(C)(C)CC(C(C)(C)c1ccccc1)N2)N1CCOCC1. The van der Waals surface area contributed by atoms with E-state index in [1.54, 1.807) is 0 Å². The average molecular weight is 391 g/mol. The first-order valence-electron chi connectivity index (χ1n) is 10.8. The Hall–Kier alpha value is -2.26. The summed E-state index contributed by atoms with van der Waals surface area (Å²) in [6.07, 6.45) is 1.09. The Kier molecular flexibility index (Phi) is 5.20. The van der Waals surface area contributed by atoms with Gasteiger partial charge in [-0.2, -0.15) is 0 Å². The number of morpholine rings is 1. The summed E-state index contributed by atoms with van der Waals surface area (Å²) in [5, 5.41) is 3.87. The molecule has 1 unspecified atom stereocenters. The van der Waals surface area contributed by atoms with Crippen LogP contribution in [-0.4, -0.2) is 37.2 Å². The highest BCUT2D eigenvalue weighted by Crippen LogP contribution is 2.45. The van der Waals surface area contributed by atoms with Crippen LogP contribution < -0.4 is 5.32 Å². The predicted molar refractivity (Wildman–Crippen MR) is 122 cm³/mol. The predicted octanol–water partition coefficient (Wildman–Crippen LogP) is 5.43. The molecule has 0 spiro atoms. The van der Waals surface area contributed by atoms with E-state index >= 15 is 0 Å². The molecular weight excluding hydrogens is 356 g/mol. The van der Waals surface area contributed by atoms with Gasteiger partial charge in [-0.25, -0.2) is 0 Å². The largest absolute Gasteiger partial charge is 0.381 e. The van der Waals surface area contributed by atoms with Gasteiger partial charge < -0.3 is 15.0 Å². The molecular formula is C26H34N2O. The first kappa shape index (κ1) is 20.0. The van der Waals surface area contributed by atoms with Crippen LogP contribution in [0.5, 0.6) is 0 Å². The maximum Gasteiger partial charge on any atom is 0.0642 e. The molecule has 2 aromatic carbocycles. The summed E-state index contributed by atoms with van der Waals surface area (Å²) in [6, 6.07) is 18.1. The minimum atomic E-state index is 0.0479. The van der Waals surface area contributed by atoms with Crippen LogP contribution in [0.25, 0.3) is 5.70 Å². The molecule has 0 amide bonds. The molecule has 29 heavy (non-hydrogen) atoms. The van der Waals surface area contributed by atoms with Crippen molar-refractivity contribution in [3.8, 4) is 0 Å². The molecule has 2 heterocycles. The normalized spacial score (nSPS) is 21.2. The van der Waals surface area contributed by atoms with Crippen LogP contribution in [0.4, 0.5) is 5.69 Å². The fourth-order valence-electron chi connectivity index (χ4n) is 4.79. The molecule has 0 aromatic heterocycles. The molecule has 154 valence electrons. The molecule has 0 bridgehead atoms. The van der Waals surface area contributed by atoms with E-state index in [1.165, 1.54) is 22.4 Å². The second-order valence-electron chi connectivity index (χ2n) is 9.68. The van der Waals surface area contributed by atoms with Gasteiger partial charge in [0.1, 0.15) is 0 Å². The van der Waals surface area contributed by atoms with Crippen molar-refractivity contribution in [1.82, 2.24) is 4.90 Å². The quantitative estimate of drug-likeness (QED) is 0.753. The highest BCUT2D eigenvalue weighted by atomic mass is 16.5. The molecule has 0 saturated carbocycles. The molecule has 1 N–H and O–H groups in total. The van der Waals surface area contributed by atoms with Crippen molar-refractivity contribution in [1.29, 1.82) is 0 Å². The van der Waals surface area contributed by atoms with E-state index in [4.69, 9.17) is 4.74 Å². The number of benzene rings is 2. The Bertz CT molecular complexity index is 879. The summed E-state index contributed by atoms with van der Waals surface area (Å²) < 4.78 is 5.50. The smallest absolute Gasteiger partial charge is 0.0642 e. The lowest BCUT2D eigenvalue weighted by molar-refractivity contribution is 0.0641. The Morgan fingerprint density at radius 3 is 2.48 bits per heavy atom. The van der Waals surface area contributed by atoms with E-state index in [-0.39, 0.29) is 10.8 Å². The number of fused-ring (bicyclic) bond motifs is 1. The summed E-state index contributed by atoms with van der Waals surface area (Å²) >= 11 is 0. The number of ether oxygens (including phenoxy) is 1. The fraction of sp³-hybridized carbons (Fsp3) is 0.462. The molecule has 3 nitrogen and oxygen atoms in total. The molecule has 2 aromatic rings. The first-order valence-corrected chi connectivity index (χ1v) is 10.8. The second-order valence-corrected chi connectivity index (χ2v) is 9.68. The van der Waals surface area contributed by atoms with Gasteiger partial charge in [-0.1, -0.05) is 70.7 Å². The lowest BCUT2D eigenvalue weighted by Crippen LogP contribution is -2.47. The Labute approximate surface area is 175 Å². The van der Waals surface area contributed by atoms with Crippen molar-refractivity contribution >= 4 is 11.4 Å². The maximum absolute atomic E-state index is 5.50. The number of rotatable bonds is 4. The second kappa shape index (κ2) is 7.53. The van der Waals surface area contributed by atoms with Crippen molar-refractivity contribution in [2.75, 3.05) is 31.6 Å². The van der Waals surface area contributed by atoms with Gasteiger partial charge in [-0.05, 0) is 40.7 Å². The first-order chi connectivity index (χ1) is 13.8. The number of anilines is 1. The fourth-order valence-corrected chi connectivity index (χ4v) is 4.79.